The molecule has 1 aromatic carbocycles. The Morgan fingerprint density at radius 3 is 3.00 bits per heavy atom. The van der Waals surface area contributed by atoms with E-state index in [0.29, 0.717) is 13.1 Å². The van der Waals surface area contributed by atoms with Gasteiger partial charge >= 0.3 is 0 Å². The van der Waals surface area contributed by atoms with Crippen LogP contribution in [0.25, 0.3) is 0 Å². The highest BCUT2D eigenvalue weighted by molar-refractivity contribution is 7.99. The molecule has 1 saturated heterocycles. The second-order valence-corrected chi connectivity index (χ2v) is 9.02. The van der Waals surface area contributed by atoms with Crippen LogP contribution >= 0.6 is 11.8 Å². The van der Waals surface area contributed by atoms with Gasteiger partial charge in [0.05, 0.1) is 6.26 Å². The third-order valence-electron chi connectivity index (χ3n) is 4.36. The summed E-state index contributed by atoms with van der Waals surface area (Å²) in [4.78, 5) is 1.12. The van der Waals surface area contributed by atoms with Crippen LogP contribution in [0.2, 0.25) is 0 Å². The summed E-state index contributed by atoms with van der Waals surface area (Å²) in [6.45, 7) is 1.23. The van der Waals surface area contributed by atoms with Crippen molar-refractivity contribution in [2.45, 2.75) is 36.2 Å². The lowest BCUT2D eigenvalue weighted by Crippen LogP contribution is -2.42. The summed E-state index contributed by atoms with van der Waals surface area (Å²) in [7, 11) is -3.14. The zero-order valence-electron chi connectivity index (χ0n) is 12.6. The lowest BCUT2D eigenvalue weighted by molar-refractivity contribution is 0.355. The van der Waals surface area contributed by atoms with E-state index in [1.807, 2.05) is 6.07 Å². The number of benzene rings is 1. The van der Waals surface area contributed by atoms with Gasteiger partial charge in [-0.15, -0.1) is 11.8 Å². The van der Waals surface area contributed by atoms with Crippen molar-refractivity contribution in [3.05, 3.63) is 29.6 Å². The Morgan fingerprint density at radius 1 is 1.41 bits per heavy atom. The fraction of sp³-hybridized carbons (Fsp3) is 0.600. The zero-order valence-corrected chi connectivity index (χ0v) is 14.2. The van der Waals surface area contributed by atoms with E-state index < -0.39 is 10.0 Å². The molecule has 0 saturated carbocycles. The minimum absolute atomic E-state index is 0.0154. The van der Waals surface area contributed by atoms with Crippen molar-refractivity contribution in [2.24, 2.45) is 0 Å². The molecule has 1 aromatic rings. The molecule has 0 aromatic heterocycles. The molecular formula is C15H21FN2O2S2. The Hall–Kier alpha value is -0.630. The predicted octanol–water partition coefficient (Wildman–Crippen LogP) is 2.38. The van der Waals surface area contributed by atoms with E-state index in [0.717, 1.165) is 35.5 Å². The quantitative estimate of drug-likeness (QED) is 0.911. The molecule has 122 valence electrons. The van der Waals surface area contributed by atoms with Crippen molar-refractivity contribution >= 4 is 21.8 Å². The van der Waals surface area contributed by atoms with Crippen LogP contribution in [-0.4, -0.2) is 43.9 Å². The third-order valence-corrected chi connectivity index (χ3v) is 6.82. The van der Waals surface area contributed by atoms with Gasteiger partial charge in [0.25, 0.3) is 0 Å². The predicted molar refractivity (Wildman–Crippen MR) is 87.1 cm³/mol. The maximum absolute atomic E-state index is 13.5. The first-order valence-corrected chi connectivity index (χ1v) is 10.4. The number of rotatable bonds is 4. The zero-order chi connectivity index (χ0) is 15.7. The molecule has 1 unspecified atom stereocenters. The molecular weight excluding hydrogens is 323 g/mol. The van der Waals surface area contributed by atoms with Crippen LogP contribution in [0.3, 0.4) is 0 Å². The SMILES string of the molecule is CS(=O)(=O)N1CCC[C@@H]1CNC1CCSc2ccc(F)cc21. The standard InChI is InChI=1S/C15H21FN2O2S2/c1-22(19,20)18-7-2-3-12(18)10-17-14-6-8-21-15-5-4-11(16)9-13(14)15/h4-5,9,12,14,17H,2-3,6-8,10H2,1H3/t12-,14?/m1/s1. The summed E-state index contributed by atoms with van der Waals surface area (Å²) >= 11 is 1.75. The molecule has 1 fully saturated rings. The van der Waals surface area contributed by atoms with E-state index in [-0.39, 0.29) is 17.9 Å². The van der Waals surface area contributed by atoms with Crippen LogP contribution < -0.4 is 5.32 Å². The van der Waals surface area contributed by atoms with Gasteiger partial charge in [0, 0.05) is 30.1 Å². The van der Waals surface area contributed by atoms with Gasteiger partial charge in [0.15, 0.2) is 0 Å². The van der Waals surface area contributed by atoms with Gasteiger partial charge in [0.1, 0.15) is 5.82 Å². The van der Waals surface area contributed by atoms with Gasteiger partial charge in [-0.1, -0.05) is 0 Å². The molecule has 2 atom stereocenters. The molecule has 0 amide bonds. The van der Waals surface area contributed by atoms with E-state index >= 15 is 0 Å². The first kappa shape index (κ1) is 16.2. The molecule has 0 aliphatic carbocycles. The fourth-order valence-electron chi connectivity index (χ4n) is 3.31. The smallest absolute Gasteiger partial charge is 0.211 e. The number of hydrogen-bond donors (Lipinski definition) is 1. The number of halogens is 1. The van der Waals surface area contributed by atoms with Crippen LogP contribution in [0.4, 0.5) is 4.39 Å². The third kappa shape index (κ3) is 3.48. The van der Waals surface area contributed by atoms with E-state index in [9.17, 15) is 12.8 Å². The number of nitrogens with zero attached hydrogens (tertiary/aromatic N) is 1. The fourth-order valence-corrected chi connectivity index (χ4v) is 5.59. The molecule has 2 heterocycles. The monoisotopic (exact) mass is 344 g/mol. The normalized spacial score (nSPS) is 26.1. The van der Waals surface area contributed by atoms with Crippen LogP contribution in [0.1, 0.15) is 30.9 Å². The van der Waals surface area contributed by atoms with E-state index in [1.54, 1.807) is 22.1 Å². The number of nitrogens with one attached hydrogen (secondary N) is 1. The molecule has 3 rings (SSSR count). The van der Waals surface area contributed by atoms with Gasteiger partial charge in [0.2, 0.25) is 10.0 Å². The molecule has 0 radical (unpaired) electrons. The second kappa shape index (κ2) is 6.47. The minimum atomic E-state index is -3.14. The van der Waals surface area contributed by atoms with Crippen molar-refractivity contribution in [1.82, 2.24) is 9.62 Å². The number of hydrogen-bond acceptors (Lipinski definition) is 4. The summed E-state index contributed by atoms with van der Waals surface area (Å²) in [6, 6.07) is 5.05. The van der Waals surface area contributed by atoms with Crippen molar-refractivity contribution in [3.8, 4) is 0 Å². The topological polar surface area (TPSA) is 49.4 Å². The van der Waals surface area contributed by atoms with Crippen molar-refractivity contribution in [2.75, 3.05) is 25.1 Å². The van der Waals surface area contributed by atoms with Gasteiger partial charge in [-0.05, 0) is 48.8 Å². The Morgan fingerprint density at radius 2 is 2.23 bits per heavy atom. The number of sulfonamides is 1. The summed E-state index contributed by atoms with van der Waals surface area (Å²) in [5, 5.41) is 3.46. The molecule has 0 bridgehead atoms. The summed E-state index contributed by atoms with van der Waals surface area (Å²) in [5.41, 5.74) is 1.00. The molecule has 0 spiro atoms. The molecule has 2 aliphatic heterocycles. The summed E-state index contributed by atoms with van der Waals surface area (Å²) in [6.07, 6.45) is 4.00. The lowest BCUT2D eigenvalue weighted by Gasteiger charge is -2.29. The second-order valence-electron chi connectivity index (χ2n) is 5.95. The maximum Gasteiger partial charge on any atom is 0.211 e. The number of thioether (sulfide) groups is 1. The van der Waals surface area contributed by atoms with Crippen molar-refractivity contribution in [3.63, 3.8) is 0 Å². The lowest BCUT2D eigenvalue weighted by atomic mass is 10.0. The highest BCUT2D eigenvalue weighted by Crippen LogP contribution is 2.36. The molecule has 4 nitrogen and oxygen atoms in total. The minimum Gasteiger partial charge on any atom is -0.308 e. The summed E-state index contributed by atoms with van der Waals surface area (Å²) in [5.74, 6) is 0.781. The van der Waals surface area contributed by atoms with Crippen molar-refractivity contribution < 1.29 is 12.8 Å². The average Bonchev–Trinajstić information content (AvgIpc) is 2.93. The first-order chi connectivity index (χ1) is 10.4. The molecule has 22 heavy (non-hydrogen) atoms. The van der Waals surface area contributed by atoms with Crippen LogP contribution in [0.5, 0.6) is 0 Å². The van der Waals surface area contributed by atoms with E-state index in [4.69, 9.17) is 0 Å². The van der Waals surface area contributed by atoms with E-state index in [1.165, 1.54) is 12.3 Å². The number of fused-ring (bicyclic) bond motifs is 1. The molecule has 7 heteroatoms. The van der Waals surface area contributed by atoms with Crippen molar-refractivity contribution in [1.29, 1.82) is 0 Å². The first-order valence-electron chi connectivity index (χ1n) is 7.57. The Kier molecular flexibility index (Phi) is 4.77. The highest BCUT2D eigenvalue weighted by atomic mass is 32.2. The van der Waals surface area contributed by atoms with Crippen LogP contribution in [0, 0.1) is 5.82 Å². The highest BCUT2D eigenvalue weighted by Gasteiger charge is 2.32. The summed E-state index contributed by atoms with van der Waals surface area (Å²) < 4.78 is 38.7. The Labute approximate surface area is 135 Å². The van der Waals surface area contributed by atoms with Gasteiger partial charge in [-0.25, -0.2) is 12.8 Å². The van der Waals surface area contributed by atoms with Gasteiger partial charge < -0.3 is 5.32 Å². The maximum atomic E-state index is 13.5. The molecule has 2 aliphatic rings. The van der Waals surface area contributed by atoms with Gasteiger partial charge in [-0.3, -0.25) is 0 Å². The largest absolute Gasteiger partial charge is 0.308 e. The Balaban J connectivity index is 1.69. The average molecular weight is 344 g/mol. The van der Waals surface area contributed by atoms with Crippen LogP contribution in [0.15, 0.2) is 23.1 Å². The van der Waals surface area contributed by atoms with Crippen LogP contribution in [-0.2, 0) is 10.0 Å². The van der Waals surface area contributed by atoms with Gasteiger partial charge in [-0.2, -0.15) is 4.31 Å². The Bertz CT molecular complexity index is 651. The van der Waals surface area contributed by atoms with E-state index in [2.05, 4.69) is 5.32 Å². The molecule has 1 N–H and O–H groups in total.